The summed E-state index contributed by atoms with van der Waals surface area (Å²) in [6, 6.07) is 10.6. The molecule has 0 bridgehead atoms. The zero-order chi connectivity index (χ0) is 23.3. The topological polar surface area (TPSA) is 84.3 Å². The summed E-state index contributed by atoms with van der Waals surface area (Å²) < 4.78 is 56.2. The van der Waals surface area contributed by atoms with Gasteiger partial charge in [0.1, 0.15) is 10.6 Å². The Morgan fingerprint density at radius 3 is 2.72 bits per heavy atom. The number of hydrogen-bond acceptors (Lipinski definition) is 4. The zero-order valence-corrected chi connectivity index (χ0v) is 18.8. The molecular weight excluding hydrogens is 438 g/mol. The van der Waals surface area contributed by atoms with Crippen molar-refractivity contribution < 1.29 is 22.0 Å². The van der Waals surface area contributed by atoms with Crippen LogP contribution in [0.15, 0.2) is 47.5 Å². The molecule has 0 aliphatic carbocycles. The Morgan fingerprint density at radius 2 is 2.03 bits per heavy atom. The number of pyridine rings is 1. The van der Waals surface area contributed by atoms with Gasteiger partial charge in [-0.15, -0.1) is 0 Å². The predicted molar refractivity (Wildman–Crippen MR) is 116 cm³/mol. The van der Waals surface area contributed by atoms with Crippen LogP contribution in [0, 0.1) is 12.8 Å². The number of rotatable bonds is 5. The van der Waals surface area contributed by atoms with Crippen molar-refractivity contribution in [2.45, 2.75) is 31.2 Å². The quantitative estimate of drug-likeness (QED) is 0.632. The second-order valence-corrected chi connectivity index (χ2v) is 10.1. The summed E-state index contributed by atoms with van der Waals surface area (Å²) in [4.78, 5) is 17.0. The number of benzene rings is 1. The first kappa shape index (κ1) is 22.3. The number of alkyl halides is 2. The highest BCUT2D eigenvalue weighted by atomic mass is 32.2. The lowest BCUT2D eigenvalue weighted by Crippen LogP contribution is -2.31. The lowest BCUT2D eigenvalue weighted by Gasteiger charge is -2.16. The summed E-state index contributed by atoms with van der Waals surface area (Å²) in [5.41, 5.74) is 2.13. The summed E-state index contributed by atoms with van der Waals surface area (Å²) in [7, 11) is -2.58. The first-order chi connectivity index (χ1) is 15.0. The Hall–Kier alpha value is -2.85. The van der Waals surface area contributed by atoms with Crippen LogP contribution in [0.3, 0.4) is 0 Å². The molecule has 1 saturated heterocycles. The fourth-order valence-electron chi connectivity index (χ4n) is 3.95. The van der Waals surface area contributed by atoms with Crippen molar-refractivity contribution in [2.75, 3.05) is 13.1 Å². The van der Waals surface area contributed by atoms with E-state index in [0.717, 1.165) is 20.8 Å². The van der Waals surface area contributed by atoms with E-state index in [1.165, 1.54) is 17.6 Å². The molecule has 0 radical (unpaired) electrons. The molecule has 1 N–H and O–H groups in total. The van der Waals surface area contributed by atoms with E-state index in [9.17, 15) is 22.0 Å². The smallest absolute Gasteiger partial charge is 0.268 e. The lowest BCUT2D eigenvalue weighted by molar-refractivity contribution is -0.0177. The summed E-state index contributed by atoms with van der Waals surface area (Å²) >= 11 is 0. The molecule has 32 heavy (non-hydrogen) atoms. The van der Waals surface area contributed by atoms with Crippen molar-refractivity contribution >= 4 is 26.8 Å². The molecular formula is C22H24F2N4O3S. The fraction of sp³-hybridized carbons (Fsp3) is 0.364. The Bertz CT molecular complexity index is 1300. The highest BCUT2D eigenvalue weighted by Crippen LogP contribution is 2.36. The van der Waals surface area contributed by atoms with E-state index in [0.29, 0.717) is 5.69 Å². The molecule has 0 unspecified atom stereocenters. The molecule has 3 heterocycles. The molecule has 0 saturated carbocycles. The molecule has 170 valence electrons. The van der Waals surface area contributed by atoms with E-state index in [4.69, 9.17) is 0 Å². The molecule has 0 spiro atoms. The SMILES string of the molecule is Cc1c(S(=O)(=O)N2C[C@@H](C)C(F)(F)C2)cc(C(=O)NCc2cccc3ncccc23)n1C. The summed E-state index contributed by atoms with van der Waals surface area (Å²) in [6.45, 7) is 1.98. The number of halogens is 2. The molecule has 1 fully saturated rings. The molecule has 7 nitrogen and oxygen atoms in total. The third-order valence-corrected chi connectivity index (χ3v) is 8.03. The minimum absolute atomic E-state index is 0.135. The number of nitrogens with zero attached hydrogens (tertiary/aromatic N) is 3. The Morgan fingerprint density at radius 1 is 1.28 bits per heavy atom. The van der Waals surface area contributed by atoms with Gasteiger partial charge in [0.25, 0.3) is 11.8 Å². The van der Waals surface area contributed by atoms with Crippen LogP contribution < -0.4 is 5.32 Å². The van der Waals surface area contributed by atoms with Crippen molar-refractivity contribution in [3.8, 4) is 0 Å². The Labute approximate surface area is 185 Å². The number of amides is 1. The van der Waals surface area contributed by atoms with Gasteiger partial charge in [0.2, 0.25) is 10.0 Å². The molecule has 1 aliphatic rings. The van der Waals surface area contributed by atoms with E-state index in [1.807, 2.05) is 30.3 Å². The molecule has 4 rings (SSSR count). The summed E-state index contributed by atoms with van der Waals surface area (Å²) in [5, 5.41) is 3.72. The van der Waals surface area contributed by atoms with Gasteiger partial charge >= 0.3 is 0 Å². The van der Waals surface area contributed by atoms with Gasteiger partial charge in [-0.05, 0) is 30.7 Å². The van der Waals surface area contributed by atoms with Crippen molar-refractivity contribution in [3.05, 3.63) is 59.5 Å². The van der Waals surface area contributed by atoms with Gasteiger partial charge in [0.15, 0.2) is 0 Å². The van der Waals surface area contributed by atoms with Gasteiger partial charge in [-0.3, -0.25) is 9.78 Å². The number of nitrogens with one attached hydrogen (secondary N) is 1. The molecule has 3 aromatic rings. The fourth-order valence-corrected chi connectivity index (χ4v) is 5.77. The lowest BCUT2D eigenvalue weighted by atomic mass is 10.1. The normalized spacial score (nSPS) is 18.8. The highest BCUT2D eigenvalue weighted by molar-refractivity contribution is 7.89. The number of carbonyl (C=O) groups excluding carboxylic acids is 1. The highest BCUT2D eigenvalue weighted by Gasteiger charge is 2.50. The molecule has 1 aromatic carbocycles. The monoisotopic (exact) mass is 462 g/mol. The van der Waals surface area contributed by atoms with Crippen LogP contribution in [-0.2, 0) is 23.6 Å². The van der Waals surface area contributed by atoms with E-state index >= 15 is 0 Å². The van der Waals surface area contributed by atoms with Gasteiger partial charge in [-0.2, -0.15) is 4.31 Å². The minimum Gasteiger partial charge on any atom is -0.347 e. The third kappa shape index (κ3) is 3.77. The van der Waals surface area contributed by atoms with Crippen LogP contribution in [0.2, 0.25) is 0 Å². The van der Waals surface area contributed by atoms with Gasteiger partial charge in [0, 0.05) is 43.3 Å². The number of fused-ring (bicyclic) bond motifs is 1. The number of carbonyl (C=O) groups is 1. The maximum atomic E-state index is 13.9. The van der Waals surface area contributed by atoms with E-state index < -0.39 is 34.3 Å². The molecule has 1 atom stereocenters. The predicted octanol–water partition coefficient (Wildman–Crippen LogP) is 3.09. The van der Waals surface area contributed by atoms with Gasteiger partial charge in [-0.1, -0.05) is 25.1 Å². The Balaban J connectivity index is 1.58. The van der Waals surface area contributed by atoms with Crippen LogP contribution in [0.25, 0.3) is 10.9 Å². The first-order valence-electron chi connectivity index (χ1n) is 10.2. The number of aromatic nitrogens is 2. The van der Waals surface area contributed by atoms with Crippen LogP contribution in [0.1, 0.15) is 28.7 Å². The van der Waals surface area contributed by atoms with Crippen molar-refractivity contribution in [1.82, 2.24) is 19.2 Å². The molecule has 2 aromatic heterocycles. The second-order valence-electron chi connectivity index (χ2n) is 8.17. The second kappa shape index (κ2) is 7.93. The van der Waals surface area contributed by atoms with E-state index in [-0.39, 0.29) is 23.7 Å². The summed E-state index contributed by atoms with van der Waals surface area (Å²) in [5.74, 6) is -4.61. The standard InChI is InChI=1S/C22H24F2N4O3S/c1-14-12-28(13-22(14,23)24)32(30,31)20-10-19(27(3)15(20)2)21(29)26-11-16-6-4-8-18-17(16)7-5-9-25-18/h4-10,14H,11-13H2,1-3H3,(H,26,29)/t14-/m1/s1. The van der Waals surface area contributed by atoms with Crippen molar-refractivity contribution in [2.24, 2.45) is 13.0 Å². The average Bonchev–Trinajstić information content (AvgIpc) is 3.22. The zero-order valence-electron chi connectivity index (χ0n) is 18.0. The number of sulfonamides is 1. The van der Waals surface area contributed by atoms with Gasteiger partial charge < -0.3 is 9.88 Å². The maximum absolute atomic E-state index is 13.9. The van der Waals surface area contributed by atoms with Crippen molar-refractivity contribution in [3.63, 3.8) is 0 Å². The van der Waals surface area contributed by atoms with Crippen LogP contribution >= 0.6 is 0 Å². The van der Waals surface area contributed by atoms with E-state index in [1.54, 1.807) is 20.2 Å². The molecule has 1 aliphatic heterocycles. The third-order valence-electron chi connectivity index (χ3n) is 6.10. The van der Waals surface area contributed by atoms with E-state index in [2.05, 4.69) is 10.3 Å². The molecule has 1 amide bonds. The van der Waals surface area contributed by atoms with Gasteiger partial charge in [-0.25, -0.2) is 17.2 Å². The molecule has 10 heteroatoms. The summed E-state index contributed by atoms with van der Waals surface area (Å²) in [6.07, 6.45) is 1.69. The largest absolute Gasteiger partial charge is 0.347 e. The van der Waals surface area contributed by atoms with Crippen LogP contribution in [0.5, 0.6) is 0 Å². The first-order valence-corrected chi connectivity index (χ1v) is 11.6. The van der Waals surface area contributed by atoms with Crippen LogP contribution in [0.4, 0.5) is 8.78 Å². The Kier molecular flexibility index (Phi) is 5.54. The van der Waals surface area contributed by atoms with Crippen LogP contribution in [-0.4, -0.2) is 47.2 Å². The van der Waals surface area contributed by atoms with Crippen molar-refractivity contribution in [1.29, 1.82) is 0 Å². The average molecular weight is 463 g/mol. The minimum atomic E-state index is -4.16. The van der Waals surface area contributed by atoms with Gasteiger partial charge in [0.05, 0.1) is 12.1 Å². The number of hydrogen-bond donors (Lipinski definition) is 1. The maximum Gasteiger partial charge on any atom is 0.268 e.